The summed E-state index contributed by atoms with van der Waals surface area (Å²) in [6.07, 6.45) is 5.64. The molecular weight excluding hydrogens is 278 g/mol. The van der Waals surface area contributed by atoms with Crippen LogP contribution in [-0.4, -0.2) is 29.1 Å². The van der Waals surface area contributed by atoms with Crippen molar-refractivity contribution in [1.29, 1.82) is 0 Å². The van der Waals surface area contributed by atoms with Gasteiger partial charge in [0, 0.05) is 30.7 Å². The SMILES string of the molecule is COc1ccc(NC(=O)N(Cc2ccncc2)C2CC2)cc1. The minimum atomic E-state index is -0.0653. The maximum atomic E-state index is 12.5. The Hall–Kier alpha value is -2.56. The third kappa shape index (κ3) is 3.55. The van der Waals surface area contributed by atoms with E-state index in [9.17, 15) is 4.79 Å². The number of nitrogens with zero attached hydrogens (tertiary/aromatic N) is 2. The van der Waals surface area contributed by atoms with Crippen LogP contribution >= 0.6 is 0 Å². The van der Waals surface area contributed by atoms with Crippen molar-refractivity contribution in [2.45, 2.75) is 25.4 Å². The molecule has 1 saturated carbocycles. The van der Waals surface area contributed by atoms with Crippen LogP contribution in [0, 0.1) is 0 Å². The number of aromatic nitrogens is 1. The van der Waals surface area contributed by atoms with E-state index in [0.717, 1.165) is 29.8 Å². The molecule has 0 bridgehead atoms. The lowest BCUT2D eigenvalue weighted by atomic mass is 10.2. The zero-order chi connectivity index (χ0) is 15.4. The molecule has 1 aliphatic carbocycles. The molecule has 2 aromatic rings. The molecule has 114 valence electrons. The molecule has 1 heterocycles. The predicted molar refractivity (Wildman–Crippen MR) is 84.8 cm³/mol. The molecule has 0 aliphatic heterocycles. The first-order valence-corrected chi connectivity index (χ1v) is 7.37. The van der Waals surface area contributed by atoms with Crippen LogP contribution in [0.1, 0.15) is 18.4 Å². The molecule has 2 amide bonds. The highest BCUT2D eigenvalue weighted by atomic mass is 16.5. The number of benzene rings is 1. The van der Waals surface area contributed by atoms with Crippen LogP contribution in [0.25, 0.3) is 0 Å². The van der Waals surface area contributed by atoms with Crippen molar-refractivity contribution in [3.8, 4) is 5.75 Å². The Bertz CT molecular complexity index is 624. The molecule has 1 aromatic heterocycles. The average molecular weight is 297 g/mol. The van der Waals surface area contributed by atoms with Crippen molar-refractivity contribution in [2.75, 3.05) is 12.4 Å². The number of pyridine rings is 1. The van der Waals surface area contributed by atoms with Crippen LogP contribution in [-0.2, 0) is 6.54 Å². The predicted octanol–water partition coefficient (Wildman–Crippen LogP) is 3.29. The monoisotopic (exact) mass is 297 g/mol. The van der Waals surface area contributed by atoms with Crippen molar-refractivity contribution in [2.24, 2.45) is 0 Å². The summed E-state index contributed by atoms with van der Waals surface area (Å²) in [7, 11) is 1.62. The smallest absolute Gasteiger partial charge is 0.322 e. The maximum Gasteiger partial charge on any atom is 0.322 e. The molecule has 1 aliphatic rings. The number of hydrogen-bond donors (Lipinski definition) is 1. The number of anilines is 1. The van der Waals surface area contributed by atoms with E-state index in [1.165, 1.54) is 0 Å². The topological polar surface area (TPSA) is 54.5 Å². The van der Waals surface area contributed by atoms with Gasteiger partial charge in [-0.15, -0.1) is 0 Å². The summed E-state index contributed by atoms with van der Waals surface area (Å²) in [6, 6.07) is 11.5. The zero-order valence-corrected chi connectivity index (χ0v) is 12.5. The molecule has 1 fully saturated rings. The molecule has 22 heavy (non-hydrogen) atoms. The van der Waals surface area contributed by atoms with Gasteiger partial charge < -0.3 is 15.0 Å². The van der Waals surface area contributed by atoms with Gasteiger partial charge in [0.25, 0.3) is 0 Å². The number of hydrogen-bond acceptors (Lipinski definition) is 3. The van der Waals surface area contributed by atoms with Crippen LogP contribution in [0.15, 0.2) is 48.8 Å². The Labute approximate surface area is 129 Å². The van der Waals surface area contributed by atoms with Crippen LogP contribution < -0.4 is 10.1 Å². The second kappa shape index (κ2) is 6.47. The van der Waals surface area contributed by atoms with Gasteiger partial charge in [0.05, 0.1) is 7.11 Å². The van der Waals surface area contributed by atoms with E-state index in [-0.39, 0.29) is 6.03 Å². The highest BCUT2D eigenvalue weighted by Gasteiger charge is 2.32. The Kier molecular flexibility index (Phi) is 4.23. The number of nitrogens with one attached hydrogen (secondary N) is 1. The Morgan fingerprint density at radius 2 is 1.91 bits per heavy atom. The second-order valence-corrected chi connectivity index (χ2v) is 5.37. The number of carbonyl (C=O) groups is 1. The highest BCUT2D eigenvalue weighted by molar-refractivity contribution is 5.89. The normalized spacial score (nSPS) is 13.5. The van der Waals surface area contributed by atoms with Gasteiger partial charge in [0.15, 0.2) is 0 Å². The average Bonchev–Trinajstić information content (AvgIpc) is 3.39. The molecule has 0 saturated heterocycles. The van der Waals surface area contributed by atoms with Gasteiger partial charge in [0.2, 0.25) is 0 Å². The molecule has 3 rings (SSSR count). The number of amides is 2. The van der Waals surface area contributed by atoms with E-state index in [1.54, 1.807) is 19.5 Å². The summed E-state index contributed by atoms with van der Waals surface area (Å²) in [5, 5.41) is 2.95. The highest BCUT2D eigenvalue weighted by Crippen LogP contribution is 2.29. The van der Waals surface area contributed by atoms with Crippen LogP contribution in [0.2, 0.25) is 0 Å². The van der Waals surface area contributed by atoms with E-state index in [1.807, 2.05) is 41.3 Å². The van der Waals surface area contributed by atoms with Gasteiger partial charge in [-0.3, -0.25) is 4.98 Å². The van der Waals surface area contributed by atoms with E-state index in [0.29, 0.717) is 12.6 Å². The Balaban J connectivity index is 1.67. The van der Waals surface area contributed by atoms with E-state index >= 15 is 0 Å². The first-order chi connectivity index (χ1) is 10.8. The molecule has 5 heteroatoms. The second-order valence-electron chi connectivity index (χ2n) is 5.37. The molecular formula is C17H19N3O2. The quantitative estimate of drug-likeness (QED) is 0.921. The minimum absolute atomic E-state index is 0.0653. The first-order valence-electron chi connectivity index (χ1n) is 7.37. The Morgan fingerprint density at radius 1 is 1.23 bits per heavy atom. The lowest BCUT2D eigenvalue weighted by Crippen LogP contribution is -2.36. The van der Waals surface area contributed by atoms with Crippen molar-refractivity contribution in [1.82, 2.24) is 9.88 Å². The molecule has 0 spiro atoms. The fourth-order valence-corrected chi connectivity index (χ4v) is 2.31. The van der Waals surface area contributed by atoms with Gasteiger partial charge in [-0.05, 0) is 54.8 Å². The van der Waals surface area contributed by atoms with E-state index < -0.39 is 0 Å². The molecule has 1 aromatic carbocycles. The fraction of sp³-hybridized carbons (Fsp3) is 0.294. The van der Waals surface area contributed by atoms with Gasteiger partial charge in [-0.1, -0.05) is 0 Å². The lowest BCUT2D eigenvalue weighted by molar-refractivity contribution is 0.206. The van der Waals surface area contributed by atoms with E-state index in [4.69, 9.17) is 4.74 Å². The van der Waals surface area contributed by atoms with E-state index in [2.05, 4.69) is 10.3 Å². The number of methoxy groups -OCH3 is 1. The molecule has 1 N–H and O–H groups in total. The van der Waals surface area contributed by atoms with Crippen molar-refractivity contribution >= 4 is 11.7 Å². The summed E-state index contributed by atoms with van der Waals surface area (Å²) in [5.41, 5.74) is 1.86. The number of urea groups is 1. The fourth-order valence-electron chi connectivity index (χ4n) is 2.31. The van der Waals surface area contributed by atoms with Crippen molar-refractivity contribution in [3.63, 3.8) is 0 Å². The van der Waals surface area contributed by atoms with Crippen LogP contribution in [0.3, 0.4) is 0 Å². The van der Waals surface area contributed by atoms with Crippen molar-refractivity contribution < 1.29 is 9.53 Å². The molecule has 5 nitrogen and oxygen atoms in total. The number of ether oxygens (including phenoxy) is 1. The van der Waals surface area contributed by atoms with Gasteiger partial charge in [-0.2, -0.15) is 0 Å². The third-order valence-corrected chi connectivity index (χ3v) is 3.69. The number of rotatable bonds is 5. The maximum absolute atomic E-state index is 12.5. The summed E-state index contributed by atoms with van der Waals surface area (Å²) in [5.74, 6) is 0.772. The minimum Gasteiger partial charge on any atom is -0.497 e. The van der Waals surface area contributed by atoms with Crippen LogP contribution in [0.4, 0.5) is 10.5 Å². The summed E-state index contributed by atoms with van der Waals surface area (Å²) >= 11 is 0. The van der Waals surface area contributed by atoms with Crippen LogP contribution in [0.5, 0.6) is 5.75 Å². The standard InChI is InChI=1S/C17H19N3O2/c1-22-16-6-2-14(3-7-16)19-17(21)20(15-4-5-15)12-13-8-10-18-11-9-13/h2-3,6-11,15H,4-5,12H2,1H3,(H,19,21). The summed E-state index contributed by atoms with van der Waals surface area (Å²) < 4.78 is 5.12. The van der Waals surface area contributed by atoms with Crippen molar-refractivity contribution in [3.05, 3.63) is 54.4 Å². The molecule has 0 radical (unpaired) electrons. The number of carbonyl (C=O) groups excluding carboxylic acids is 1. The largest absolute Gasteiger partial charge is 0.497 e. The summed E-state index contributed by atoms with van der Waals surface area (Å²) in [6.45, 7) is 0.606. The zero-order valence-electron chi connectivity index (χ0n) is 12.5. The van der Waals surface area contributed by atoms with Gasteiger partial charge in [-0.25, -0.2) is 4.79 Å². The Morgan fingerprint density at radius 3 is 2.50 bits per heavy atom. The van der Waals surface area contributed by atoms with Gasteiger partial charge >= 0.3 is 6.03 Å². The van der Waals surface area contributed by atoms with Gasteiger partial charge in [0.1, 0.15) is 5.75 Å². The summed E-state index contributed by atoms with van der Waals surface area (Å²) in [4.78, 5) is 18.4. The lowest BCUT2D eigenvalue weighted by Gasteiger charge is -2.23. The first kappa shape index (κ1) is 14.4. The molecule has 0 atom stereocenters. The molecule has 0 unspecified atom stereocenters. The third-order valence-electron chi connectivity index (χ3n) is 3.69.